The minimum atomic E-state index is -2.86. The number of para-hydroxylation sites is 1. The molecule has 0 amide bonds. The lowest BCUT2D eigenvalue weighted by atomic mass is 10.1. The van der Waals surface area contributed by atoms with Gasteiger partial charge in [0.05, 0.1) is 5.01 Å². The number of ether oxygens (including phenoxy) is 1. The molecule has 0 spiro atoms. The molecule has 0 radical (unpaired) electrons. The number of thiazole rings is 1. The minimum absolute atomic E-state index is 0.113. The zero-order valence-electron chi connectivity index (χ0n) is 11.4. The Kier molecular flexibility index (Phi) is 4.05. The molecule has 1 heterocycles. The number of nitrogens with zero attached hydrogens (tertiary/aromatic N) is 1. The van der Waals surface area contributed by atoms with Crippen molar-refractivity contribution in [1.82, 2.24) is 4.98 Å². The van der Waals surface area contributed by atoms with Crippen LogP contribution in [-0.4, -0.2) is 11.6 Å². The van der Waals surface area contributed by atoms with E-state index in [1.54, 1.807) is 18.2 Å². The van der Waals surface area contributed by atoms with E-state index in [9.17, 15) is 8.78 Å². The highest BCUT2D eigenvalue weighted by Crippen LogP contribution is 2.42. The fourth-order valence-electron chi connectivity index (χ4n) is 2.75. The average molecular weight is 310 g/mol. The molecule has 0 aliphatic heterocycles. The molecule has 1 aromatic carbocycles. The Balaban J connectivity index is 1.96. The van der Waals surface area contributed by atoms with Crippen LogP contribution in [0.3, 0.4) is 0 Å². The number of nitrogen functional groups attached to an aromatic ring is 1. The van der Waals surface area contributed by atoms with E-state index in [1.807, 2.05) is 0 Å². The Morgan fingerprint density at radius 2 is 1.95 bits per heavy atom. The molecule has 3 nitrogen and oxygen atoms in total. The van der Waals surface area contributed by atoms with Crippen LogP contribution in [0.15, 0.2) is 24.3 Å². The summed E-state index contributed by atoms with van der Waals surface area (Å²) in [5.74, 6) is 0.566. The second-order valence-corrected chi connectivity index (χ2v) is 6.18. The fourth-order valence-corrected chi connectivity index (χ4v) is 3.77. The third-order valence-electron chi connectivity index (χ3n) is 3.73. The van der Waals surface area contributed by atoms with Crippen molar-refractivity contribution >= 4 is 16.3 Å². The number of hydrogen-bond acceptors (Lipinski definition) is 4. The van der Waals surface area contributed by atoms with E-state index >= 15 is 0 Å². The molecule has 2 aromatic rings. The van der Waals surface area contributed by atoms with Crippen molar-refractivity contribution < 1.29 is 13.5 Å². The highest BCUT2D eigenvalue weighted by atomic mass is 32.1. The first-order chi connectivity index (χ1) is 10.1. The first-order valence-electron chi connectivity index (χ1n) is 6.95. The van der Waals surface area contributed by atoms with Crippen molar-refractivity contribution in [3.63, 3.8) is 0 Å². The molecule has 6 heteroatoms. The van der Waals surface area contributed by atoms with Crippen LogP contribution in [0.4, 0.5) is 13.8 Å². The van der Waals surface area contributed by atoms with E-state index in [1.165, 1.54) is 30.2 Å². The Bertz CT molecular complexity index is 624. The third-order valence-corrected chi connectivity index (χ3v) is 4.78. The lowest BCUT2D eigenvalue weighted by Crippen LogP contribution is -2.03. The molecule has 112 valence electrons. The predicted octanol–water partition coefficient (Wildman–Crippen LogP) is 4.65. The van der Waals surface area contributed by atoms with E-state index in [-0.39, 0.29) is 5.75 Å². The van der Waals surface area contributed by atoms with Gasteiger partial charge >= 0.3 is 6.61 Å². The van der Waals surface area contributed by atoms with Gasteiger partial charge in [-0.2, -0.15) is 8.78 Å². The van der Waals surface area contributed by atoms with Gasteiger partial charge in [0.25, 0.3) is 0 Å². The van der Waals surface area contributed by atoms with Crippen LogP contribution in [-0.2, 0) is 0 Å². The number of aromatic nitrogens is 1. The normalized spacial score (nSPS) is 15.8. The maximum Gasteiger partial charge on any atom is 0.387 e. The van der Waals surface area contributed by atoms with E-state index in [0.717, 1.165) is 17.8 Å². The fraction of sp³-hybridized carbons (Fsp3) is 0.400. The smallest absolute Gasteiger partial charge is 0.387 e. The molecule has 1 aliphatic carbocycles. The summed E-state index contributed by atoms with van der Waals surface area (Å²) >= 11 is 1.46. The summed E-state index contributed by atoms with van der Waals surface area (Å²) in [6.07, 6.45) is 4.68. The maximum atomic E-state index is 12.5. The molecule has 3 rings (SSSR count). The van der Waals surface area contributed by atoms with Crippen LogP contribution in [0, 0.1) is 0 Å². The Hall–Kier alpha value is -1.69. The van der Waals surface area contributed by atoms with Crippen LogP contribution in [0.25, 0.3) is 11.3 Å². The van der Waals surface area contributed by atoms with E-state index in [2.05, 4.69) is 9.72 Å². The largest absolute Gasteiger partial charge is 0.434 e. The second kappa shape index (κ2) is 5.97. The average Bonchev–Trinajstić information content (AvgIpc) is 3.08. The van der Waals surface area contributed by atoms with Gasteiger partial charge in [0.1, 0.15) is 16.4 Å². The van der Waals surface area contributed by atoms with Gasteiger partial charge in [-0.25, -0.2) is 4.98 Å². The standard InChI is InChI=1S/C15H16F2N2OS/c16-15(17)20-11-8-4-3-7-10(11)12-13(18)21-14(19-12)9-5-1-2-6-9/h3-4,7-9,15H,1-2,5-6,18H2. The first kappa shape index (κ1) is 14.3. The van der Waals surface area contributed by atoms with Crippen LogP contribution < -0.4 is 10.5 Å². The summed E-state index contributed by atoms with van der Waals surface area (Å²) in [7, 11) is 0. The zero-order valence-corrected chi connectivity index (χ0v) is 12.2. The number of benzene rings is 1. The highest BCUT2D eigenvalue weighted by Gasteiger charge is 2.23. The number of rotatable bonds is 4. The molecule has 2 N–H and O–H groups in total. The quantitative estimate of drug-likeness (QED) is 0.894. The second-order valence-electron chi connectivity index (χ2n) is 5.12. The SMILES string of the molecule is Nc1sc(C2CCCC2)nc1-c1ccccc1OC(F)F. The lowest BCUT2D eigenvalue weighted by molar-refractivity contribution is -0.0494. The predicted molar refractivity (Wildman–Crippen MR) is 79.8 cm³/mol. The number of nitrogens with two attached hydrogens (primary N) is 1. The molecule has 21 heavy (non-hydrogen) atoms. The molecule has 0 atom stereocenters. The van der Waals surface area contributed by atoms with Crippen molar-refractivity contribution in [1.29, 1.82) is 0 Å². The van der Waals surface area contributed by atoms with Crippen molar-refractivity contribution in [2.24, 2.45) is 0 Å². The number of alkyl halides is 2. The van der Waals surface area contributed by atoms with Gasteiger partial charge in [-0.05, 0) is 25.0 Å². The summed E-state index contributed by atoms with van der Waals surface area (Å²) in [6, 6.07) is 6.64. The highest BCUT2D eigenvalue weighted by molar-refractivity contribution is 7.16. The summed E-state index contributed by atoms with van der Waals surface area (Å²) in [5.41, 5.74) is 7.13. The molecule has 1 aromatic heterocycles. The molecular weight excluding hydrogens is 294 g/mol. The Morgan fingerprint density at radius 3 is 2.67 bits per heavy atom. The topological polar surface area (TPSA) is 48.1 Å². The van der Waals surface area contributed by atoms with Crippen molar-refractivity contribution in [3.8, 4) is 17.0 Å². The zero-order chi connectivity index (χ0) is 14.8. The van der Waals surface area contributed by atoms with Gasteiger partial charge in [-0.15, -0.1) is 11.3 Å². The summed E-state index contributed by atoms with van der Waals surface area (Å²) in [6.45, 7) is -2.86. The molecule has 1 aliphatic rings. The monoisotopic (exact) mass is 310 g/mol. The van der Waals surface area contributed by atoms with Crippen molar-refractivity contribution in [2.45, 2.75) is 38.2 Å². The lowest BCUT2D eigenvalue weighted by Gasteiger charge is -2.09. The van der Waals surface area contributed by atoms with Crippen molar-refractivity contribution in [2.75, 3.05) is 5.73 Å². The van der Waals surface area contributed by atoms with Gasteiger partial charge in [0.15, 0.2) is 0 Å². The number of hydrogen-bond donors (Lipinski definition) is 1. The summed E-state index contributed by atoms with van der Waals surface area (Å²) in [5, 5.41) is 1.56. The van der Waals surface area contributed by atoms with E-state index < -0.39 is 6.61 Å². The van der Waals surface area contributed by atoms with Gasteiger partial charge in [0, 0.05) is 11.5 Å². The van der Waals surface area contributed by atoms with E-state index in [4.69, 9.17) is 5.73 Å². The number of anilines is 1. The van der Waals surface area contributed by atoms with E-state index in [0.29, 0.717) is 22.2 Å². The third kappa shape index (κ3) is 3.00. The molecule has 0 bridgehead atoms. The molecule has 1 fully saturated rings. The molecule has 0 saturated heterocycles. The van der Waals surface area contributed by atoms with Gasteiger partial charge < -0.3 is 10.5 Å². The Morgan fingerprint density at radius 1 is 1.24 bits per heavy atom. The summed E-state index contributed by atoms with van der Waals surface area (Å²) in [4.78, 5) is 4.60. The van der Waals surface area contributed by atoms with Gasteiger partial charge in [0.2, 0.25) is 0 Å². The molecule has 1 saturated carbocycles. The minimum Gasteiger partial charge on any atom is -0.434 e. The van der Waals surface area contributed by atoms with Gasteiger partial charge in [-0.3, -0.25) is 0 Å². The molecular formula is C15H16F2N2OS. The van der Waals surface area contributed by atoms with Crippen LogP contribution >= 0.6 is 11.3 Å². The van der Waals surface area contributed by atoms with Crippen LogP contribution in [0.1, 0.15) is 36.6 Å². The first-order valence-corrected chi connectivity index (χ1v) is 7.77. The van der Waals surface area contributed by atoms with Crippen molar-refractivity contribution in [3.05, 3.63) is 29.3 Å². The number of halogens is 2. The van der Waals surface area contributed by atoms with Gasteiger partial charge in [-0.1, -0.05) is 25.0 Å². The summed E-state index contributed by atoms with van der Waals surface area (Å²) < 4.78 is 29.6. The van der Waals surface area contributed by atoms with Crippen LogP contribution in [0.5, 0.6) is 5.75 Å². The Labute approximate surface area is 125 Å². The molecule has 0 unspecified atom stereocenters. The van der Waals surface area contributed by atoms with Crippen LogP contribution in [0.2, 0.25) is 0 Å². The maximum absolute atomic E-state index is 12.5.